The molecule has 0 radical (unpaired) electrons. The van der Waals surface area contributed by atoms with Crippen LogP contribution in [-0.4, -0.2) is 17.0 Å². The highest BCUT2D eigenvalue weighted by Gasteiger charge is 2.01. The molecule has 0 aliphatic carbocycles. The van der Waals surface area contributed by atoms with Gasteiger partial charge in [0, 0.05) is 35.9 Å². The predicted molar refractivity (Wildman–Crippen MR) is 78.8 cm³/mol. The van der Waals surface area contributed by atoms with Gasteiger partial charge in [0.1, 0.15) is 0 Å². The van der Waals surface area contributed by atoms with Gasteiger partial charge in [-0.1, -0.05) is 12.1 Å². The van der Waals surface area contributed by atoms with Gasteiger partial charge in [0.2, 0.25) is 0 Å². The molecule has 2 N–H and O–H groups in total. The molecule has 0 aliphatic rings. The first-order valence-corrected chi connectivity index (χ1v) is 6.09. The molecule has 19 heavy (non-hydrogen) atoms. The Balaban J connectivity index is 2.01. The third-order valence-electron chi connectivity index (χ3n) is 2.99. The fourth-order valence-electron chi connectivity index (χ4n) is 2.03. The van der Waals surface area contributed by atoms with Crippen molar-refractivity contribution < 1.29 is 0 Å². The Labute approximate surface area is 111 Å². The van der Waals surface area contributed by atoms with Crippen molar-refractivity contribution in [1.82, 2.24) is 9.97 Å². The Morgan fingerprint density at radius 3 is 2.74 bits per heavy atom. The minimum atomic E-state index is 0.955. The summed E-state index contributed by atoms with van der Waals surface area (Å²) in [7, 11) is 1.88. The van der Waals surface area contributed by atoms with Gasteiger partial charge >= 0.3 is 0 Å². The van der Waals surface area contributed by atoms with Crippen LogP contribution in [0, 0.1) is 0 Å². The Kier molecular flexibility index (Phi) is 2.98. The van der Waals surface area contributed by atoms with E-state index in [0.717, 1.165) is 27.8 Å². The summed E-state index contributed by atoms with van der Waals surface area (Å²) in [6, 6.07) is 10.1. The molecule has 0 unspecified atom stereocenters. The van der Waals surface area contributed by atoms with Crippen molar-refractivity contribution in [3.8, 4) is 0 Å². The zero-order chi connectivity index (χ0) is 13.1. The fourth-order valence-corrected chi connectivity index (χ4v) is 2.03. The molecule has 0 spiro atoms. The first-order valence-electron chi connectivity index (χ1n) is 6.09. The number of anilines is 3. The number of aromatic nitrogens is 2. The van der Waals surface area contributed by atoms with Crippen molar-refractivity contribution in [3.63, 3.8) is 0 Å². The number of rotatable bonds is 3. The molecule has 4 nitrogen and oxygen atoms in total. The molecule has 0 atom stereocenters. The SMILES string of the molecule is CNc1cncc(Nc2cccc3cnccc23)c1. The monoisotopic (exact) mass is 250 g/mol. The first kappa shape index (κ1) is 11.5. The van der Waals surface area contributed by atoms with Crippen molar-refractivity contribution in [2.45, 2.75) is 0 Å². The molecule has 0 saturated carbocycles. The number of fused-ring (bicyclic) bond motifs is 1. The van der Waals surface area contributed by atoms with Crippen LogP contribution in [-0.2, 0) is 0 Å². The van der Waals surface area contributed by atoms with E-state index in [4.69, 9.17) is 0 Å². The van der Waals surface area contributed by atoms with Crippen LogP contribution in [0.4, 0.5) is 17.1 Å². The van der Waals surface area contributed by atoms with Gasteiger partial charge in [-0.05, 0) is 18.2 Å². The van der Waals surface area contributed by atoms with Gasteiger partial charge in [-0.25, -0.2) is 0 Å². The Hall–Kier alpha value is -2.62. The highest BCUT2D eigenvalue weighted by molar-refractivity contribution is 5.94. The van der Waals surface area contributed by atoms with Crippen LogP contribution in [0.2, 0.25) is 0 Å². The van der Waals surface area contributed by atoms with Gasteiger partial charge in [0.25, 0.3) is 0 Å². The molecule has 0 fully saturated rings. The molecule has 3 aromatic rings. The van der Waals surface area contributed by atoms with E-state index in [2.05, 4.69) is 26.7 Å². The molecule has 1 aromatic carbocycles. The lowest BCUT2D eigenvalue weighted by Gasteiger charge is -2.10. The number of hydrogen-bond acceptors (Lipinski definition) is 4. The van der Waals surface area contributed by atoms with Crippen molar-refractivity contribution >= 4 is 27.8 Å². The lowest BCUT2D eigenvalue weighted by Crippen LogP contribution is -1.95. The maximum atomic E-state index is 4.19. The van der Waals surface area contributed by atoms with Gasteiger partial charge in [-0.3, -0.25) is 9.97 Å². The largest absolute Gasteiger partial charge is 0.387 e. The van der Waals surface area contributed by atoms with E-state index in [-0.39, 0.29) is 0 Å². The molecule has 2 aromatic heterocycles. The zero-order valence-corrected chi connectivity index (χ0v) is 10.6. The molecule has 0 amide bonds. The van der Waals surface area contributed by atoms with Crippen LogP contribution in [0.5, 0.6) is 0 Å². The van der Waals surface area contributed by atoms with Crippen LogP contribution >= 0.6 is 0 Å². The molecule has 0 aliphatic heterocycles. The normalized spacial score (nSPS) is 10.4. The Morgan fingerprint density at radius 2 is 1.84 bits per heavy atom. The summed E-state index contributed by atoms with van der Waals surface area (Å²) in [5.41, 5.74) is 2.98. The summed E-state index contributed by atoms with van der Waals surface area (Å²) in [4.78, 5) is 8.33. The summed E-state index contributed by atoms with van der Waals surface area (Å²) < 4.78 is 0. The summed E-state index contributed by atoms with van der Waals surface area (Å²) in [5.74, 6) is 0. The number of nitrogens with zero attached hydrogens (tertiary/aromatic N) is 2. The van der Waals surface area contributed by atoms with Crippen molar-refractivity contribution in [1.29, 1.82) is 0 Å². The Bertz CT molecular complexity index is 704. The second-order valence-electron chi connectivity index (χ2n) is 4.24. The van der Waals surface area contributed by atoms with E-state index in [0.29, 0.717) is 0 Å². The lowest BCUT2D eigenvalue weighted by atomic mass is 10.1. The number of hydrogen-bond donors (Lipinski definition) is 2. The first-order chi connectivity index (χ1) is 9.36. The second kappa shape index (κ2) is 4.94. The number of benzene rings is 1. The van der Waals surface area contributed by atoms with Gasteiger partial charge in [-0.2, -0.15) is 0 Å². The van der Waals surface area contributed by atoms with Crippen LogP contribution in [0.25, 0.3) is 10.8 Å². The summed E-state index contributed by atoms with van der Waals surface area (Å²) in [6.07, 6.45) is 7.26. The zero-order valence-electron chi connectivity index (χ0n) is 10.6. The topological polar surface area (TPSA) is 49.8 Å². The number of pyridine rings is 2. The van der Waals surface area contributed by atoms with E-state index < -0.39 is 0 Å². The average molecular weight is 250 g/mol. The maximum Gasteiger partial charge on any atom is 0.0591 e. The summed E-state index contributed by atoms with van der Waals surface area (Å²) >= 11 is 0. The van der Waals surface area contributed by atoms with E-state index in [9.17, 15) is 0 Å². The third-order valence-corrected chi connectivity index (χ3v) is 2.99. The van der Waals surface area contributed by atoms with E-state index in [1.54, 1.807) is 18.6 Å². The van der Waals surface area contributed by atoms with Crippen molar-refractivity contribution in [3.05, 3.63) is 55.1 Å². The van der Waals surface area contributed by atoms with E-state index in [1.807, 2.05) is 37.5 Å². The van der Waals surface area contributed by atoms with E-state index >= 15 is 0 Å². The van der Waals surface area contributed by atoms with E-state index in [1.165, 1.54) is 0 Å². The summed E-state index contributed by atoms with van der Waals surface area (Å²) in [6.45, 7) is 0. The molecule has 4 heteroatoms. The minimum absolute atomic E-state index is 0.955. The highest BCUT2D eigenvalue weighted by atomic mass is 14.9. The highest BCUT2D eigenvalue weighted by Crippen LogP contribution is 2.26. The van der Waals surface area contributed by atoms with Crippen LogP contribution in [0.1, 0.15) is 0 Å². The molecule has 94 valence electrons. The fraction of sp³-hybridized carbons (Fsp3) is 0.0667. The predicted octanol–water partition coefficient (Wildman–Crippen LogP) is 3.42. The van der Waals surface area contributed by atoms with Crippen LogP contribution in [0.3, 0.4) is 0 Å². The van der Waals surface area contributed by atoms with Crippen molar-refractivity contribution in [2.24, 2.45) is 0 Å². The standard InChI is InChI=1S/C15H14N4/c1-16-12-7-13(10-18-9-12)19-15-4-2-3-11-8-17-6-5-14(11)15/h2-10,16,19H,1H3. The minimum Gasteiger partial charge on any atom is -0.387 e. The number of nitrogens with one attached hydrogen (secondary N) is 2. The van der Waals surface area contributed by atoms with Gasteiger partial charge in [0.05, 0.1) is 23.8 Å². The summed E-state index contributed by atoms with van der Waals surface area (Å²) in [5, 5.41) is 8.73. The average Bonchev–Trinajstić information content (AvgIpc) is 2.48. The van der Waals surface area contributed by atoms with Crippen molar-refractivity contribution in [2.75, 3.05) is 17.7 Å². The maximum absolute atomic E-state index is 4.19. The smallest absolute Gasteiger partial charge is 0.0591 e. The quantitative estimate of drug-likeness (QED) is 0.748. The second-order valence-corrected chi connectivity index (χ2v) is 4.24. The Morgan fingerprint density at radius 1 is 0.947 bits per heavy atom. The van der Waals surface area contributed by atoms with Crippen LogP contribution in [0.15, 0.2) is 55.1 Å². The molecule has 0 saturated heterocycles. The molecule has 3 rings (SSSR count). The third kappa shape index (κ3) is 2.33. The van der Waals surface area contributed by atoms with Gasteiger partial charge in [0.15, 0.2) is 0 Å². The van der Waals surface area contributed by atoms with Gasteiger partial charge < -0.3 is 10.6 Å². The molecular weight excluding hydrogens is 236 g/mol. The van der Waals surface area contributed by atoms with Crippen LogP contribution < -0.4 is 10.6 Å². The lowest BCUT2D eigenvalue weighted by molar-refractivity contribution is 1.30. The molecular formula is C15H14N4. The molecule has 0 bridgehead atoms. The molecule has 2 heterocycles. The van der Waals surface area contributed by atoms with Gasteiger partial charge in [-0.15, -0.1) is 0 Å².